The third-order valence-electron chi connectivity index (χ3n) is 4.22. The Morgan fingerprint density at radius 2 is 2.04 bits per heavy atom. The van der Waals surface area contributed by atoms with E-state index in [9.17, 15) is 4.79 Å². The van der Waals surface area contributed by atoms with Crippen LogP contribution < -0.4 is 14.8 Å². The van der Waals surface area contributed by atoms with Gasteiger partial charge in [0.15, 0.2) is 18.1 Å². The zero-order valence-electron chi connectivity index (χ0n) is 15.8. The summed E-state index contributed by atoms with van der Waals surface area (Å²) in [5, 5.41) is 3.15. The van der Waals surface area contributed by atoms with Crippen LogP contribution in [0.2, 0.25) is 0 Å². The molecule has 1 fully saturated rings. The van der Waals surface area contributed by atoms with Crippen LogP contribution in [0, 0.1) is 0 Å². The minimum atomic E-state index is -0.0644. The summed E-state index contributed by atoms with van der Waals surface area (Å²) in [7, 11) is 0. The standard InChI is InChI=1S/C20H24N2O5S/c1-2-25-18-12-15(20(28)21-13-16-4-3-9-26-16)5-6-17(18)27-14-19(23)22-7-10-24-11-8-22/h3-6,9,12H,2,7-8,10-11,13-14H2,1H3,(H,21,28). The molecule has 150 valence electrons. The number of carbonyl (C=O) groups is 1. The fourth-order valence-electron chi connectivity index (χ4n) is 2.76. The van der Waals surface area contributed by atoms with Crippen LogP contribution in [0.5, 0.6) is 11.5 Å². The van der Waals surface area contributed by atoms with E-state index >= 15 is 0 Å². The molecular weight excluding hydrogens is 380 g/mol. The molecule has 0 spiro atoms. The van der Waals surface area contributed by atoms with Crippen LogP contribution in [-0.4, -0.2) is 55.3 Å². The van der Waals surface area contributed by atoms with Crippen LogP contribution in [0.1, 0.15) is 18.2 Å². The minimum absolute atomic E-state index is 0.0411. The van der Waals surface area contributed by atoms with Gasteiger partial charge in [-0.2, -0.15) is 0 Å². The Labute approximate surface area is 169 Å². The number of amides is 1. The maximum Gasteiger partial charge on any atom is 0.260 e. The lowest BCUT2D eigenvalue weighted by atomic mass is 10.2. The molecule has 1 aliphatic rings. The number of morpholine rings is 1. The Hall–Kier alpha value is -2.58. The van der Waals surface area contributed by atoms with Gasteiger partial charge in [0.2, 0.25) is 0 Å². The summed E-state index contributed by atoms with van der Waals surface area (Å²) in [5.74, 6) is 1.80. The molecule has 0 unspecified atom stereocenters. The zero-order chi connectivity index (χ0) is 19.8. The lowest BCUT2D eigenvalue weighted by Crippen LogP contribution is -2.43. The van der Waals surface area contributed by atoms with Gasteiger partial charge >= 0.3 is 0 Å². The SMILES string of the molecule is CCOc1cc(C(=S)NCc2ccco2)ccc1OCC(=O)N1CCOCC1. The molecule has 8 heteroatoms. The highest BCUT2D eigenvalue weighted by molar-refractivity contribution is 7.80. The second-order valence-corrected chi connectivity index (χ2v) is 6.55. The van der Waals surface area contributed by atoms with Gasteiger partial charge in [0, 0.05) is 18.7 Å². The lowest BCUT2D eigenvalue weighted by Gasteiger charge is -2.26. The summed E-state index contributed by atoms with van der Waals surface area (Å²) in [4.78, 5) is 14.6. The van der Waals surface area contributed by atoms with Gasteiger partial charge < -0.3 is 28.8 Å². The van der Waals surface area contributed by atoms with Gasteiger partial charge in [-0.05, 0) is 37.3 Å². The van der Waals surface area contributed by atoms with Crippen LogP contribution in [0.25, 0.3) is 0 Å². The summed E-state index contributed by atoms with van der Waals surface area (Å²) in [6, 6.07) is 9.14. The van der Waals surface area contributed by atoms with E-state index in [0.29, 0.717) is 55.9 Å². The highest BCUT2D eigenvalue weighted by Gasteiger charge is 2.18. The van der Waals surface area contributed by atoms with Crippen molar-refractivity contribution in [2.45, 2.75) is 13.5 Å². The average Bonchev–Trinajstić information content (AvgIpc) is 3.25. The van der Waals surface area contributed by atoms with Crippen molar-refractivity contribution in [1.29, 1.82) is 0 Å². The molecule has 7 nitrogen and oxygen atoms in total. The number of benzene rings is 1. The first-order valence-electron chi connectivity index (χ1n) is 9.23. The predicted octanol–water partition coefficient (Wildman–Crippen LogP) is 2.38. The number of rotatable bonds is 8. The molecule has 1 aliphatic heterocycles. The van der Waals surface area contributed by atoms with Gasteiger partial charge in [-0.15, -0.1) is 0 Å². The number of ether oxygens (including phenoxy) is 3. The smallest absolute Gasteiger partial charge is 0.260 e. The molecule has 0 radical (unpaired) electrons. The first-order valence-corrected chi connectivity index (χ1v) is 9.64. The average molecular weight is 404 g/mol. The van der Waals surface area contributed by atoms with Gasteiger partial charge in [0.25, 0.3) is 5.91 Å². The minimum Gasteiger partial charge on any atom is -0.490 e. The number of thiocarbonyl (C=S) groups is 1. The summed E-state index contributed by atoms with van der Waals surface area (Å²) in [6.07, 6.45) is 1.62. The van der Waals surface area contributed by atoms with Gasteiger partial charge in [-0.25, -0.2) is 0 Å². The molecule has 1 saturated heterocycles. The molecular formula is C20H24N2O5S. The molecule has 0 saturated carbocycles. The van der Waals surface area contributed by atoms with Gasteiger partial charge in [0.1, 0.15) is 10.7 Å². The van der Waals surface area contributed by atoms with Crippen LogP contribution in [0.15, 0.2) is 41.0 Å². The van der Waals surface area contributed by atoms with E-state index in [1.165, 1.54) is 0 Å². The van der Waals surface area contributed by atoms with Crippen LogP contribution in [0.4, 0.5) is 0 Å². The Morgan fingerprint density at radius 3 is 2.75 bits per heavy atom. The predicted molar refractivity (Wildman–Crippen MR) is 108 cm³/mol. The van der Waals surface area contributed by atoms with Crippen molar-refractivity contribution in [3.63, 3.8) is 0 Å². The molecule has 1 aromatic heterocycles. The topological polar surface area (TPSA) is 73.2 Å². The summed E-state index contributed by atoms with van der Waals surface area (Å²) >= 11 is 5.45. The molecule has 28 heavy (non-hydrogen) atoms. The van der Waals surface area contributed by atoms with Crippen LogP contribution >= 0.6 is 12.2 Å². The van der Waals surface area contributed by atoms with Crippen LogP contribution in [-0.2, 0) is 16.1 Å². The molecule has 0 aliphatic carbocycles. The van der Waals surface area contributed by atoms with E-state index < -0.39 is 0 Å². The van der Waals surface area contributed by atoms with Crippen molar-refractivity contribution in [1.82, 2.24) is 10.2 Å². The third-order valence-corrected chi connectivity index (χ3v) is 4.60. The molecule has 0 atom stereocenters. The number of nitrogens with one attached hydrogen (secondary N) is 1. The van der Waals surface area contributed by atoms with Crippen molar-refractivity contribution in [3.8, 4) is 11.5 Å². The highest BCUT2D eigenvalue weighted by atomic mass is 32.1. The first-order chi connectivity index (χ1) is 13.7. The monoisotopic (exact) mass is 404 g/mol. The van der Waals surface area contributed by atoms with Crippen molar-refractivity contribution >= 4 is 23.1 Å². The van der Waals surface area contributed by atoms with E-state index in [0.717, 1.165) is 11.3 Å². The molecule has 1 amide bonds. The molecule has 2 aromatic rings. The zero-order valence-corrected chi connectivity index (χ0v) is 16.6. The summed E-state index contributed by atoms with van der Waals surface area (Å²) in [6.45, 7) is 5.14. The normalized spacial score (nSPS) is 13.8. The molecule has 0 bridgehead atoms. The molecule has 1 N–H and O–H groups in total. The fraction of sp³-hybridized carbons (Fsp3) is 0.400. The van der Waals surface area contributed by atoms with E-state index in [-0.39, 0.29) is 12.5 Å². The van der Waals surface area contributed by atoms with Crippen molar-refractivity contribution in [3.05, 3.63) is 47.9 Å². The number of carbonyl (C=O) groups excluding carboxylic acids is 1. The van der Waals surface area contributed by atoms with Gasteiger partial charge in [-0.1, -0.05) is 12.2 Å². The second kappa shape index (κ2) is 10.1. The Balaban J connectivity index is 1.61. The summed E-state index contributed by atoms with van der Waals surface area (Å²) < 4.78 is 22.0. The van der Waals surface area contributed by atoms with Gasteiger partial charge in [0.05, 0.1) is 32.6 Å². The Bertz CT molecular complexity index is 788. The van der Waals surface area contributed by atoms with Crippen LogP contribution in [0.3, 0.4) is 0 Å². The quantitative estimate of drug-likeness (QED) is 0.677. The number of hydrogen-bond donors (Lipinski definition) is 1. The lowest BCUT2D eigenvalue weighted by molar-refractivity contribution is -0.137. The van der Waals surface area contributed by atoms with Crippen molar-refractivity contribution in [2.75, 3.05) is 39.5 Å². The number of hydrogen-bond acceptors (Lipinski definition) is 6. The Kier molecular flexibility index (Phi) is 7.27. The molecule has 3 rings (SSSR count). The highest BCUT2D eigenvalue weighted by Crippen LogP contribution is 2.29. The van der Waals surface area contributed by atoms with Crippen molar-refractivity contribution in [2.24, 2.45) is 0 Å². The number of nitrogens with zero attached hydrogens (tertiary/aromatic N) is 1. The first kappa shape index (κ1) is 20.2. The maximum atomic E-state index is 12.3. The molecule has 1 aromatic carbocycles. The van der Waals surface area contributed by atoms with Crippen molar-refractivity contribution < 1.29 is 23.4 Å². The summed E-state index contributed by atoms with van der Waals surface area (Å²) in [5.41, 5.74) is 0.803. The number of furan rings is 1. The van der Waals surface area contributed by atoms with Gasteiger partial charge in [-0.3, -0.25) is 4.79 Å². The molecule has 2 heterocycles. The van der Waals surface area contributed by atoms with E-state index in [1.807, 2.05) is 31.2 Å². The fourth-order valence-corrected chi connectivity index (χ4v) is 2.96. The maximum absolute atomic E-state index is 12.3. The van der Waals surface area contributed by atoms with E-state index in [4.69, 9.17) is 30.8 Å². The third kappa shape index (κ3) is 5.46. The van der Waals surface area contributed by atoms with E-state index in [2.05, 4.69) is 5.32 Å². The Morgan fingerprint density at radius 1 is 1.21 bits per heavy atom. The van der Waals surface area contributed by atoms with E-state index in [1.54, 1.807) is 17.2 Å². The second-order valence-electron chi connectivity index (χ2n) is 6.14. The largest absolute Gasteiger partial charge is 0.490 e.